The second kappa shape index (κ2) is 8.17. The van der Waals surface area contributed by atoms with Gasteiger partial charge in [-0.15, -0.1) is 0 Å². The number of halogens is 1. The monoisotopic (exact) mass is 393 g/mol. The summed E-state index contributed by atoms with van der Waals surface area (Å²) in [6, 6.07) is 12.9. The van der Waals surface area contributed by atoms with E-state index in [0.717, 1.165) is 22.6 Å². The molecule has 0 radical (unpaired) electrons. The van der Waals surface area contributed by atoms with Gasteiger partial charge < -0.3 is 14.2 Å². The Labute approximate surface area is 169 Å². The molecule has 2 heterocycles. The Morgan fingerprint density at radius 2 is 2.00 bits per heavy atom. The van der Waals surface area contributed by atoms with Crippen LogP contribution in [0.5, 0.6) is 0 Å². The van der Waals surface area contributed by atoms with Gasteiger partial charge in [0.2, 0.25) is 0 Å². The van der Waals surface area contributed by atoms with E-state index in [0.29, 0.717) is 43.8 Å². The van der Waals surface area contributed by atoms with Crippen molar-refractivity contribution in [2.45, 2.75) is 26.5 Å². The third-order valence-electron chi connectivity index (χ3n) is 5.46. The predicted molar refractivity (Wildman–Crippen MR) is 109 cm³/mol. The highest BCUT2D eigenvalue weighted by molar-refractivity contribution is 5.95. The fourth-order valence-electron chi connectivity index (χ4n) is 3.86. The summed E-state index contributed by atoms with van der Waals surface area (Å²) in [4.78, 5) is 19.4. The van der Waals surface area contributed by atoms with Crippen LogP contribution in [-0.4, -0.2) is 40.6 Å². The molecular formula is C23H24FN3O2. The van der Waals surface area contributed by atoms with Crippen molar-refractivity contribution >= 4 is 5.91 Å². The lowest BCUT2D eigenvalue weighted by Crippen LogP contribution is -2.34. The van der Waals surface area contributed by atoms with E-state index >= 15 is 0 Å². The zero-order chi connectivity index (χ0) is 20.4. The van der Waals surface area contributed by atoms with Gasteiger partial charge in [0.25, 0.3) is 5.91 Å². The van der Waals surface area contributed by atoms with E-state index in [-0.39, 0.29) is 11.7 Å². The molecule has 2 aromatic carbocycles. The molecule has 1 aliphatic heterocycles. The first kappa shape index (κ1) is 19.3. The number of hydrogen-bond acceptors (Lipinski definition) is 3. The lowest BCUT2D eigenvalue weighted by Gasteiger charge is -2.21. The molecule has 0 aliphatic carbocycles. The molecule has 4 rings (SSSR count). The summed E-state index contributed by atoms with van der Waals surface area (Å²) in [6.45, 7) is 3.98. The number of carbonyl (C=O) groups excluding carboxylic acids is 1. The van der Waals surface area contributed by atoms with E-state index in [4.69, 9.17) is 4.74 Å². The number of carbonyl (C=O) groups is 1. The molecule has 0 unspecified atom stereocenters. The summed E-state index contributed by atoms with van der Waals surface area (Å²) in [7, 11) is 1.68. The summed E-state index contributed by atoms with van der Waals surface area (Å²) in [6.07, 6.45) is 2.56. The highest BCUT2D eigenvalue weighted by Gasteiger charge is 2.23. The maximum Gasteiger partial charge on any atom is 0.254 e. The smallest absolute Gasteiger partial charge is 0.254 e. The first-order valence-electron chi connectivity index (χ1n) is 9.75. The Morgan fingerprint density at radius 3 is 2.83 bits per heavy atom. The van der Waals surface area contributed by atoms with Crippen LogP contribution in [-0.2, 0) is 24.3 Å². The summed E-state index contributed by atoms with van der Waals surface area (Å²) < 4.78 is 21.3. The molecule has 0 bridgehead atoms. The number of benzene rings is 2. The largest absolute Gasteiger partial charge is 0.380 e. The Balaban J connectivity index is 1.57. The fraction of sp³-hybridized carbons (Fsp3) is 0.304. The van der Waals surface area contributed by atoms with Gasteiger partial charge in [-0.2, -0.15) is 0 Å². The lowest BCUT2D eigenvalue weighted by molar-refractivity contribution is 0.0758. The van der Waals surface area contributed by atoms with E-state index in [9.17, 15) is 9.18 Å². The van der Waals surface area contributed by atoms with Gasteiger partial charge in [0.1, 0.15) is 11.6 Å². The number of imidazole rings is 1. The van der Waals surface area contributed by atoms with Gasteiger partial charge in [-0.05, 0) is 36.2 Å². The van der Waals surface area contributed by atoms with Crippen LogP contribution in [0.1, 0.15) is 27.3 Å². The van der Waals surface area contributed by atoms with E-state index < -0.39 is 0 Å². The maximum absolute atomic E-state index is 13.9. The molecule has 6 heteroatoms. The summed E-state index contributed by atoms with van der Waals surface area (Å²) in [5.41, 5.74) is 4.05. The van der Waals surface area contributed by atoms with Crippen molar-refractivity contribution in [3.63, 3.8) is 0 Å². The number of aromatic nitrogens is 2. The van der Waals surface area contributed by atoms with Gasteiger partial charge in [0.05, 0.1) is 18.5 Å². The van der Waals surface area contributed by atoms with Gasteiger partial charge in [0.15, 0.2) is 0 Å². The topological polar surface area (TPSA) is 47.4 Å². The third kappa shape index (κ3) is 3.80. The van der Waals surface area contributed by atoms with E-state index in [1.165, 1.54) is 6.07 Å². The second-order valence-corrected chi connectivity index (χ2v) is 7.30. The second-order valence-electron chi connectivity index (χ2n) is 7.30. The first-order chi connectivity index (χ1) is 14.1. The maximum atomic E-state index is 13.9. The highest BCUT2D eigenvalue weighted by Crippen LogP contribution is 2.25. The zero-order valence-corrected chi connectivity index (χ0v) is 16.7. The molecule has 3 aromatic rings. The van der Waals surface area contributed by atoms with Gasteiger partial charge in [-0.1, -0.05) is 24.3 Å². The Morgan fingerprint density at radius 1 is 1.17 bits per heavy atom. The molecule has 29 heavy (non-hydrogen) atoms. The van der Waals surface area contributed by atoms with Gasteiger partial charge >= 0.3 is 0 Å². The number of nitrogens with zero attached hydrogens (tertiary/aromatic N) is 3. The lowest BCUT2D eigenvalue weighted by atomic mass is 10.1. The Kier molecular flexibility index (Phi) is 5.45. The van der Waals surface area contributed by atoms with Crippen molar-refractivity contribution in [1.82, 2.24) is 14.5 Å². The molecule has 0 spiro atoms. The summed E-state index contributed by atoms with van der Waals surface area (Å²) in [5.74, 6) is 0.483. The predicted octanol–water partition coefficient (Wildman–Crippen LogP) is 3.84. The molecule has 1 amide bonds. The first-order valence-corrected chi connectivity index (χ1v) is 9.75. The minimum Gasteiger partial charge on any atom is -0.380 e. The van der Waals surface area contributed by atoms with Gasteiger partial charge in [-0.25, -0.2) is 9.37 Å². The number of rotatable bonds is 4. The number of ether oxygens (including phenoxy) is 1. The highest BCUT2D eigenvalue weighted by atomic mass is 19.1. The van der Waals surface area contributed by atoms with Crippen molar-refractivity contribution in [1.29, 1.82) is 0 Å². The van der Waals surface area contributed by atoms with Crippen LogP contribution in [0.15, 0.2) is 48.7 Å². The summed E-state index contributed by atoms with van der Waals surface area (Å²) >= 11 is 0. The molecule has 0 atom stereocenters. The van der Waals surface area contributed by atoms with Crippen molar-refractivity contribution in [2.24, 2.45) is 0 Å². The number of methoxy groups -OCH3 is 1. The fourth-order valence-corrected chi connectivity index (χ4v) is 3.86. The van der Waals surface area contributed by atoms with Crippen LogP contribution in [0.4, 0.5) is 4.39 Å². The number of fused-ring (bicyclic) bond motifs is 1. The van der Waals surface area contributed by atoms with Gasteiger partial charge in [-0.3, -0.25) is 4.79 Å². The number of hydrogen-bond donors (Lipinski definition) is 0. The van der Waals surface area contributed by atoms with E-state index in [1.54, 1.807) is 31.1 Å². The molecule has 1 aromatic heterocycles. The number of amides is 1. The molecule has 150 valence electrons. The van der Waals surface area contributed by atoms with Crippen LogP contribution < -0.4 is 0 Å². The average Bonchev–Trinajstić information content (AvgIpc) is 3.01. The standard InChI is InChI=1S/C23H24FN3O2/c1-16-19(7-4-8-20(16)24)23(28)26-10-9-22-25-14-21(27(22)12-11-26)18-6-3-5-17(13-18)15-29-2/h3-8,13-14H,9-12,15H2,1-2H3. The molecule has 0 fully saturated rings. The molecule has 5 nitrogen and oxygen atoms in total. The van der Waals surface area contributed by atoms with Crippen LogP contribution in [0.2, 0.25) is 0 Å². The summed E-state index contributed by atoms with van der Waals surface area (Å²) in [5, 5.41) is 0. The molecular weight excluding hydrogens is 369 g/mol. The molecule has 0 N–H and O–H groups in total. The SMILES string of the molecule is COCc1cccc(-c2cnc3n2CCN(C(=O)c2cccc(F)c2C)CC3)c1. The van der Waals surface area contributed by atoms with E-state index in [2.05, 4.69) is 21.7 Å². The van der Waals surface area contributed by atoms with Crippen LogP contribution in [0.3, 0.4) is 0 Å². The zero-order valence-electron chi connectivity index (χ0n) is 16.7. The Hall–Kier alpha value is -2.99. The minimum absolute atomic E-state index is 0.128. The average molecular weight is 393 g/mol. The van der Waals surface area contributed by atoms with Crippen LogP contribution in [0.25, 0.3) is 11.3 Å². The van der Waals surface area contributed by atoms with Crippen molar-refractivity contribution in [3.8, 4) is 11.3 Å². The normalized spacial score (nSPS) is 13.8. The molecule has 0 saturated heterocycles. The van der Waals surface area contributed by atoms with Crippen LogP contribution in [0, 0.1) is 12.7 Å². The molecule has 0 saturated carbocycles. The minimum atomic E-state index is -0.350. The quantitative estimate of drug-likeness (QED) is 0.677. The van der Waals surface area contributed by atoms with Crippen LogP contribution >= 0.6 is 0 Å². The van der Waals surface area contributed by atoms with Gasteiger partial charge in [0, 0.05) is 44.3 Å². The third-order valence-corrected chi connectivity index (χ3v) is 5.46. The van der Waals surface area contributed by atoms with Crippen molar-refractivity contribution in [3.05, 3.63) is 77.0 Å². The Bertz CT molecular complexity index is 1040. The van der Waals surface area contributed by atoms with E-state index in [1.807, 2.05) is 18.3 Å². The van der Waals surface area contributed by atoms with Crippen molar-refractivity contribution in [2.75, 3.05) is 20.2 Å². The van der Waals surface area contributed by atoms with Crippen molar-refractivity contribution < 1.29 is 13.9 Å². The molecule has 1 aliphatic rings.